The highest BCUT2D eigenvalue weighted by Gasteiger charge is 2.20. The van der Waals surface area contributed by atoms with E-state index in [9.17, 15) is 19.2 Å². The predicted molar refractivity (Wildman–Crippen MR) is 113 cm³/mol. The summed E-state index contributed by atoms with van der Waals surface area (Å²) in [4.78, 5) is 46.8. The van der Waals surface area contributed by atoms with Crippen molar-refractivity contribution in [2.24, 2.45) is 5.73 Å². The van der Waals surface area contributed by atoms with Crippen molar-refractivity contribution < 1.29 is 38.1 Å². The van der Waals surface area contributed by atoms with E-state index in [-0.39, 0.29) is 24.5 Å². The third kappa shape index (κ3) is 7.84. The van der Waals surface area contributed by atoms with Gasteiger partial charge >= 0.3 is 23.9 Å². The second kappa shape index (κ2) is 11.6. The van der Waals surface area contributed by atoms with Crippen LogP contribution in [0.3, 0.4) is 0 Å². The Kier molecular flexibility index (Phi) is 8.91. The van der Waals surface area contributed by atoms with Crippen molar-refractivity contribution in [2.45, 2.75) is 39.3 Å². The highest BCUT2D eigenvalue weighted by Crippen LogP contribution is 2.29. The number of hydrogen-bond donors (Lipinski definition) is 1. The Morgan fingerprint density at radius 3 is 2.16 bits per heavy atom. The topological polar surface area (TPSA) is 131 Å². The van der Waals surface area contributed by atoms with Gasteiger partial charge in [-0.2, -0.15) is 0 Å². The third-order valence-corrected chi connectivity index (χ3v) is 4.05. The molecule has 0 radical (unpaired) electrons. The fraction of sp³-hybridized carbons (Fsp3) is 0.304. The van der Waals surface area contributed by atoms with Gasteiger partial charge in [-0.15, -0.1) is 0 Å². The summed E-state index contributed by atoms with van der Waals surface area (Å²) in [5.41, 5.74) is 6.87. The Bertz CT molecular complexity index is 973. The largest absolute Gasteiger partial charge is 0.461 e. The lowest BCUT2D eigenvalue weighted by Gasteiger charge is -2.16. The van der Waals surface area contributed by atoms with Crippen LogP contribution in [0.25, 0.3) is 0 Å². The third-order valence-electron chi connectivity index (χ3n) is 4.05. The molecule has 170 valence electrons. The quantitative estimate of drug-likeness (QED) is 0.457. The van der Waals surface area contributed by atoms with Crippen LogP contribution in [-0.2, 0) is 30.3 Å². The van der Waals surface area contributed by atoms with E-state index in [1.54, 1.807) is 43.3 Å². The molecule has 0 saturated carbocycles. The molecular weight excluding hydrogens is 418 g/mol. The van der Waals surface area contributed by atoms with Gasteiger partial charge in [-0.05, 0) is 43.2 Å². The zero-order valence-corrected chi connectivity index (χ0v) is 18.0. The maximum absolute atomic E-state index is 12.2. The zero-order valence-electron chi connectivity index (χ0n) is 18.0. The molecule has 0 aromatic heterocycles. The van der Waals surface area contributed by atoms with E-state index < -0.39 is 36.0 Å². The summed E-state index contributed by atoms with van der Waals surface area (Å²) in [6, 6.07) is 11.9. The Labute approximate surface area is 185 Å². The van der Waals surface area contributed by atoms with E-state index in [1.165, 1.54) is 26.0 Å². The number of hydrogen-bond acceptors (Lipinski definition) is 9. The van der Waals surface area contributed by atoms with E-state index in [4.69, 9.17) is 24.7 Å². The average molecular weight is 443 g/mol. The first-order chi connectivity index (χ1) is 15.2. The van der Waals surface area contributed by atoms with Gasteiger partial charge in [0.25, 0.3) is 0 Å². The van der Waals surface area contributed by atoms with Gasteiger partial charge in [0.15, 0.2) is 11.5 Å². The van der Waals surface area contributed by atoms with Gasteiger partial charge in [0.2, 0.25) is 0 Å². The Hall–Kier alpha value is -3.72. The second-order valence-corrected chi connectivity index (χ2v) is 6.99. The van der Waals surface area contributed by atoms with E-state index in [0.717, 1.165) is 0 Å². The number of nitrogens with two attached hydrogens (primary N) is 1. The fourth-order valence-corrected chi connectivity index (χ4v) is 2.66. The summed E-state index contributed by atoms with van der Waals surface area (Å²) < 4.78 is 20.4. The summed E-state index contributed by atoms with van der Waals surface area (Å²) in [7, 11) is 0. The van der Waals surface area contributed by atoms with Gasteiger partial charge in [-0.25, -0.2) is 4.79 Å². The lowest BCUT2D eigenvalue weighted by atomic mass is 10.1. The van der Waals surface area contributed by atoms with E-state index in [0.29, 0.717) is 11.1 Å². The van der Waals surface area contributed by atoms with Gasteiger partial charge in [0.1, 0.15) is 18.8 Å². The molecule has 0 bridgehead atoms. The second-order valence-electron chi connectivity index (χ2n) is 6.99. The standard InChI is InChI=1S/C23H25NO8/c1-14(30-22(27)18-7-5-4-6-8-18)13-29-23(28)19(24)11-17-9-10-20(31-15(2)25)21(12-17)32-16(3)26/h4-10,12,14,19H,11,13,24H2,1-3H3/t14-,19-/m0/s1. The first kappa shape index (κ1) is 24.5. The Morgan fingerprint density at radius 2 is 1.53 bits per heavy atom. The summed E-state index contributed by atoms with van der Waals surface area (Å²) in [5, 5.41) is 0. The van der Waals surface area contributed by atoms with Crippen molar-refractivity contribution in [1.29, 1.82) is 0 Å². The van der Waals surface area contributed by atoms with Crippen LogP contribution in [0.2, 0.25) is 0 Å². The molecule has 0 heterocycles. The zero-order chi connectivity index (χ0) is 23.7. The van der Waals surface area contributed by atoms with E-state index in [2.05, 4.69) is 0 Å². The molecule has 0 aliphatic rings. The van der Waals surface area contributed by atoms with Crippen molar-refractivity contribution in [3.05, 3.63) is 59.7 Å². The van der Waals surface area contributed by atoms with Crippen molar-refractivity contribution in [3.63, 3.8) is 0 Å². The first-order valence-electron chi connectivity index (χ1n) is 9.83. The molecule has 2 rings (SSSR count). The van der Waals surface area contributed by atoms with Crippen LogP contribution in [0.4, 0.5) is 0 Å². The number of carbonyl (C=O) groups is 4. The molecule has 32 heavy (non-hydrogen) atoms. The molecule has 0 unspecified atom stereocenters. The monoisotopic (exact) mass is 443 g/mol. The van der Waals surface area contributed by atoms with Crippen LogP contribution < -0.4 is 15.2 Å². The lowest BCUT2D eigenvalue weighted by molar-refractivity contribution is -0.148. The molecule has 0 amide bonds. The number of benzene rings is 2. The van der Waals surface area contributed by atoms with Crippen LogP contribution in [0.1, 0.15) is 36.7 Å². The molecule has 2 aromatic carbocycles. The molecule has 0 fully saturated rings. The molecular formula is C23H25NO8. The summed E-state index contributed by atoms with van der Waals surface area (Å²) in [6.07, 6.45) is -0.594. The maximum atomic E-state index is 12.2. The lowest BCUT2D eigenvalue weighted by Crippen LogP contribution is -2.36. The van der Waals surface area contributed by atoms with Crippen LogP contribution in [0.15, 0.2) is 48.5 Å². The molecule has 2 aromatic rings. The molecule has 0 saturated heterocycles. The average Bonchev–Trinajstić information content (AvgIpc) is 2.73. The van der Waals surface area contributed by atoms with Crippen molar-refractivity contribution in [3.8, 4) is 11.5 Å². The molecule has 0 aliphatic heterocycles. The molecule has 9 nitrogen and oxygen atoms in total. The Morgan fingerprint density at radius 1 is 0.906 bits per heavy atom. The van der Waals surface area contributed by atoms with Gasteiger partial charge in [-0.3, -0.25) is 14.4 Å². The van der Waals surface area contributed by atoms with Gasteiger partial charge < -0.3 is 24.7 Å². The Balaban J connectivity index is 1.91. The number of rotatable bonds is 9. The first-order valence-corrected chi connectivity index (χ1v) is 9.83. The highest BCUT2D eigenvalue weighted by atomic mass is 16.6. The summed E-state index contributed by atoms with van der Waals surface area (Å²) in [5.74, 6) is -2.28. The number of esters is 4. The van der Waals surface area contributed by atoms with Crippen molar-refractivity contribution in [1.82, 2.24) is 0 Å². The fourth-order valence-electron chi connectivity index (χ4n) is 2.66. The van der Waals surface area contributed by atoms with E-state index >= 15 is 0 Å². The van der Waals surface area contributed by atoms with Gasteiger partial charge in [-0.1, -0.05) is 24.3 Å². The summed E-state index contributed by atoms with van der Waals surface area (Å²) >= 11 is 0. The molecule has 2 atom stereocenters. The van der Waals surface area contributed by atoms with E-state index in [1.807, 2.05) is 0 Å². The number of ether oxygens (including phenoxy) is 4. The normalized spacial score (nSPS) is 12.2. The SMILES string of the molecule is CC(=O)Oc1ccc(C[C@H](N)C(=O)OC[C@H](C)OC(=O)c2ccccc2)cc1OC(C)=O. The van der Waals surface area contributed by atoms with Crippen molar-refractivity contribution in [2.75, 3.05) is 6.61 Å². The van der Waals surface area contributed by atoms with Crippen LogP contribution in [-0.4, -0.2) is 42.6 Å². The van der Waals surface area contributed by atoms with Crippen LogP contribution in [0, 0.1) is 0 Å². The highest BCUT2D eigenvalue weighted by molar-refractivity contribution is 5.89. The van der Waals surface area contributed by atoms with Crippen LogP contribution in [0.5, 0.6) is 11.5 Å². The van der Waals surface area contributed by atoms with Gasteiger partial charge in [0.05, 0.1) is 5.56 Å². The molecule has 0 aliphatic carbocycles. The molecule has 9 heteroatoms. The predicted octanol–water partition coefficient (Wildman–Crippen LogP) is 2.20. The summed E-state index contributed by atoms with van der Waals surface area (Å²) in [6.45, 7) is 3.86. The minimum Gasteiger partial charge on any atom is -0.461 e. The minimum absolute atomic E-state index is 0.0345. The smallest absolute Gasteiger partial charge is 0.338 e. The van der Waals surface area contributed by atoms with Gasteiger partial charge in [0, 0.05) is 13.8 Å². The van der Waals surface area contributed by atoms with Crippen LogP contribution >= 0.6 is 0 Å². The maximum Gasteiger partial charge on any atom is 0.338 e. The van der Waals surface area contributed by atoms with Crippen molar-refractivity contribution >= 4 is 23.9 Å². The molecule has 2 N–H and O–H groups in total. The number of carbonyl (C=O) groups excluding carboxylic acids is 4. The molecule has 0 spiro atoms. The minimum atomic E-state index is -1.02.